The van der Waals surface area contributed by atoms with Gasteiger partial charge in [0.15, 0.2) is 5.78 Å². The van der Waals surface area contributed by atoms with Crippen LogP contribution in [0.1, 0.15) is 24.2 Å². The Morgan fingerprint density at radius 3 is 2.76 bits per heavy atom. The molecule has 88 valence electrons. The van der Waals surface area contributed by atoms with Crippen LogP contribution in [-0.2, 0) is 6.54 Å². The highest BCUT2D eigenvalue weighted by Crippen LogP contribution is 2.25. The molecule has 0 aliphatic rings. The van der Waals surface area contributed by atoms with Crippen molar-refractivity contribution in [1.29, 1.82) is 0 Å². The van der Waals surface area contributed by atoms with Crippen molar-refractivity contribution in [1.82, 2.24) is 9.78 Å². The molecule has 3 nitrogen and oxygen atoms in total. The summed E-state index contributed by atoms with van der Waals surface area (Å²) in [6, 6.07) is 7.39. The van der Waals surface area contributed by atoms with Crippen molar-refractivity contribution in [2.75, 3.05) is 0 Å². The zero-order chi connectivity index (χ0) is 12.4. The summed E-state index contributed by atoms with van der Waals surface area (Å²) in [7, 11) is 0. The lowest BCUT2D eigenvalue weighted by atomic mass is 10.1. The van der Waals surface area contributed by atoms with E-state index in [1.54, 1.807) is 12.3 Å². The Hall–Kier alpha value is -1.61. The molecule has 0 atom stereocenters. The third kappa shape index (κ3) is 2.24. The van der Waals surface area contributed by atoms with Crippen LogP contribution in [0.3, 0.4) is 0 Å². The molecule has 0 aliphatic carbocycles. The number of nitrogens with zero attached hydrogens (tertiary/aromatic N) is 2. The molecule has 0 unspecified atom stereocenters. The van der Waals surface area contributed by atoms with Crippen LogP contribution >= 0.6 is 11.6 Å². The van der Waals surface area contributed by atoms with Crippen LogP contribution in [0.5, 0.6) is 0 Å². The minimum Gasteiger partial charge on any atom is -0.294 e. The maximum absolute atomic E-state index is 11.3. The smallest absolute Gasteiger partial charge is 0.161 e. The monoisotopic (exact) mass is 248 g/mol. The number of hydrogen-bond acceptors (Lipinski definition) is 2. The number of carbonyl (C=O) groups is 1. The SMILES string of the molecule is CCn1nccc1-c1ccc(C(C)=O)c(Cl)c1. The fourth-order valence-corrected chi connectivity index (χ4v) is 2.10. The highest BCUT2D eigenvalue weighted by molar-refractivity contribution is 6.34. The van der Waals surface area contributed by atoms with Crippen molar-refractivity contribution >= 4 is 17.4 Å². The number of aromatic nitrogens is 2. The van der Waals surface area contributed by atoms with E-state index in [4.69, 9.17) is 11.6 Å². The van der Waals surface area contributed by atoms with E-state index in [0.29, 0.717) is 10.6 Å². The van der Waals surface area contributed by atoms with E-state index in [9.17, 15) is 4.79 Å². The number of benzene rings is 1. The van der Waals surface area contributed by atoms with Gasteiger partial charge in [0.25, 0.3) is 0 Å². The number of halogens is 1. The molecule has 0 amide bonds. The number of Topliss-reactive ketones (excluding diaryl/α,β-unsaturated/α-hetero) is 1. The summed E-state index contributed by atoms with van der Waals surface area (Å²) in [5.41, 5.74) is 2.53. The maximum Gasteiger partial charge on any atom is 0.161 e. The standard InChI is InChI=1S/C13H13ClN2O/c1-3-16-13(6-7-15-16)10-4-5-11(9(2)17)12(14)8-10/h4-8H,3H2,1-2H3. The first kappa shape index (κ1) is 11.9. The molecular weight excluding hydrogens is 236 g/mol. The van der Waals surface area contributed by atoms with E-state index in [1.807, 2.05) is 29.8 Å². The Balaban J connectivity index is 2.48. The zero-order valence-electron chi connectivity index (χ0n) is 9.77. The molecule has 17 heavy (non-hydrogen) atoms. The van der Waals surface area contributed by atoms with Crippen LogP contribution in [0.15, 0.2) is 30.5 Å². The van der Waals surface area contributed by atoms with Crippen molar-refractivity contribution in [3.63, 3.8) is 0 Å². The fraction of sp³-hybridized carbons (Fsp3) is 0.231. The Bertz CT molecular complexity index is 560. The molecule has 0 bridgehead atoms. The zero-order valence-corrected chi connectivity index (χ0v) is 10.5. The summed E-state index contributed by atoms with van der Waals surface area (Å²) < 4.78 is 1.89. The molecule has 0 fully saturated rings. The molecule has 0 N–H and O–H groups in total. The Labute approximate surface area is 105 Å². The summed E-state index contributed by atoms with van der Waals surface area (Å²) in [6.07, 6.45) is 1.76. The van der Waals surface area contributed by atoms with Crippen LogP contribution in [0, 0.1) is 0 Å². The second kappa shape index (κ2) is 4.72. The van der Waals surface area contributed by atoms with Crippen molar-refractivity contribution in [2.45, 2.75) is 20.4 Å². The van der Waals surface area contributed by atoms with Gasteiger partial charge in [-0.1, -0.05) is 17.7 Å². The Morgan fingerprint density at radius 1 is 1.41 bits per heavy atom. The lowest BCUT2D eigenvalue weighted by Gasteiger charge is -2.07. The van der Waals surface area contributed by atoms with Gasteiger partial charge in [0.1, 0.15) is 0 Å². The minimum absolute atomic E-state index is 0.0226. The predicted molar refractivity (Wildman–Crippen MR) is 68.4 cm³/mol. The van der Waals surface area contributed by atoms with Gasteiger partial charge < -0.3 is 0 Å². The Morgan fingerprint density at radius 2 is 2.18 bits per heavy atom. The van der Waals surface area contributed by atoms with Gasteiger partial charge in [0.05, 0.1) is 10.7 Å². The van der Waals surface area contributed by atoms with Crippen molar-refractivity contribution in [2.24, 2.45) is 0 Å². The number of hydrogen-bond donors (Lipinski definition) is 0. The molecule has 4 heteroatoms. The van der Waals surface area contributed by atoms with Crippen LogP contribution in [0.25, 0.3) is 11.3 Å². The van der Waals surface area contributed by atoms with E-state index < -0.39 is 0 Å². The van der Waals surface area contributed by atoms with Gasteiger partial charge in [0, 0.05) is 23.9 Å². The second-order valence-electron chi connectivity index (χ2n) is 3.78. The molecule has 2 rings (SSSR count). The third-order valence-corrected chi connectivity index (χ3v) is 2.97. The van der Waals surface area contributed by atoms with Gasteiger partial charge in [-0.05, 0) is 32.0 Å². The molecule has 0 radical (unpaired) electrons. The molecule has 1 aromatic carbocycles. The topological polar surface area (TPSA) is 34.9 Å². The summed E-state index contributed by atoms with van der Waals surface area (Å²) in [6.45, 7) is 4.34. The lowest BCUT2D eigenvalue weighted by molar-refractivity contribution is 0.101. The van der Waals surface area contributed by atoms with E-state index in [-0.39, 0.29) is 5.78 Å². The molecule has 0 saturated heterocycles. The molecule has 0 aliphatic heterocycles. The third-order valence-electron chi connectivity index (χ3n) is 2.66. The molecular formula is C13H13ClN2O. The summed E-state index contributed by atoms with van der Waals surface area (Å²) in [5.74, 6) is -0.0226. The van der Waals surface area contributed by atoms with Gasteiger partial charge in [-0.2, -0.15) is 5.10 Å². The summed E-state index contributed by atoms with van der Waals surface area (Å²) in [4.78, 5) is 11.3. The predicted octanol–water partition coefficient (Wildman–Crippen LogP) is 3.43. The van der Waals surface area contributed by atoms with Crippen molar-refractivity contribution in [3.8, 4) is 11.3 Å². The highest BCUT2D eigenvalue weighted by atomic mass is 35.5. The van der Waals surface area contributed by atoms with Gasteiger partial charge in [0.2, 0.25) is 0 Å². The maximum atomic E-state index is 11.3. The molecule has 0 spiro atoms. The number of ketones is 1. The Kier molecular flexibility index (Phi) is 3.29. The first-order valence-electron chi connectivity index (χ1n) is 5.46. The molecule has 0 saturated carbocycles. The van der Waals surface area contributed by atoms with Gasteiger partial charge in [-0.15, -0.1) is 0 Å². The van der Waals surface area contributed by atoms with Crippen LogP contribution in [0.2, 0.25) is 5.02 Å². The van der Waals surface area contributed by atoms with E-state index >= 15 is 0 Å². The molecule has 1 aromatic heterocycles. The molecule has 2 aromatic rings. The van der Waals surface area contributed by atoms with Crippen molar-refractivity contribution < 1.29 is 4.79 Å². The van der Waals surface area contributed by atoms with Crippen LogP contribution in [-0.4, -0.2) is 15.6 Å². The van der Waals surface area contributed by atoms with E-state index in [2.05, 4.69) is 5.10 Å². The number of rotatable bonds is 3. The summed E-state index contributed by atoms with van der Waals surface area (Å²) in [5, 5.41) is 4.69. The first-order valence-corrected chi connectivity index (χ1v) is 5.84. The van der Waals surface area contributed by atoms with Crippen molar-refractivity contribution in [3.05, 3.63) is 41.0 Å². The van der Waals surface area contributed by atoms with Gasteiger partial charge in [-0.25, -0.2) is 0 Å². The number of aryl methyl sites for hydroxylation is 1. The van der Waals surface area contributed by atoms with Crippen LogP contribution in [0.4, 0.5) is 0 Å². The summed E-state index contributed by atoms with van der Waals surface area (Å²) >= 11 is 6.09. The minimum atomic E-state index is -0.0226. The van der Waals surface area contributed by atoms with E-state index in [0.717, 1.165) is 17.8 Å². The van der Waals surface area contributed by atoms with Gasteiger partial charge >= 0.3 is 0 Å². The fourth-order valence-electron chi connectivity index (χ4n) is 1.79. The van der Waals surface area contributed by atoms with Crippen LogP contribution < -0.4 is 0 Å². The molecule has 1 heterocycles. The first-order chi connectivity index (χ1) is 8.13. The lowest BCUT2D eigenvalue weighted by Crippen LogP contribution is -1.99. The normalized spacial score (nSPS) is 10.5. The highest BCUT2D eigenvalue weighted by Gasteiger charge is 2.09. The largest absolute Gasteiger partial charge is 0.294 e. The second-order valence-corrected chi connectivity index (χ2v) is 4.19. The number of carbonyl (C=O) groups excluding carboxylic acids is 1. The average molecular weight is 249 g/mol. The van der Waals surface area contributed by atoms with E-state index in [1.165, 1.54) is 6.92 Å². The average Bonchev–Trinajstić information content (AvgIpc) is 2.76. The quantitative estimate of drug-likeness (QED) is 0.780. The van der Waals surface area contributed by atoms with Gasteiger partial charge in [-0.3, -0.25) is 9.48 Å².